The molecule has 0 radical (unpaired) electrons. The molecular weight excluding hydrogens is 275 g/mol. The minimum atomic E-state index is -0.813. The second-order valence-electron chi connectivity index (χ2n) is 2.70. The van der Waals surface area contributed by atoms with E-state index < -0.39 is 17.4 Å². The molecule has 0 fully saturated rings. The highest BCUT2D eigenvalue weighted by atomic mass is 79.9. The van der Waals surface area contributed by atoms with Gasteiger partial charge in [0, 0.05) is 6.20 Å². The van der Waals surface area contributed by atoms with E-state index in [2.05, 4.69) is 20.9 Å². The molecule has 0 bridgehead atoms. The van der Waals surface area contributed by atoms with E-state index in [0.717, 1.165) is 0 Å². The van der Waals surface area contributed by atoms with E-state index in [-0.39, 0.29) is 16.9 Å². The Bertz CT molecular complexity index is 428. The third-order valence-electron chi connectivity index (χ3n) is 1.55. The van der Waals surface area contributed by atoms with Crippen molar-refractivity contribution in [1.82, 2.24) is 9.55 Å². The summed E-state index contributed by atoms with van der Waals surface area (Å²) in [5.74, 6) is 0.0309. The number of nitrogens with one attached hydrogen (secondary N) is 1. The first-order valence-corrected chi connectivity index (χ1v) is 5.10. The number of hydrogen-bond donors (Lipinski definition) is 2. The summed E-state index contributed by atoms with van der Waals surface area (Å²) < 4.78 is 1.41. The van der Waals surface area contributed by atoms with Gasteiger partial charge in [-0.1, -0.05) is 0 Å². The van der Waals surface area contributed by atoms with Crippen LogP contribution in [0.3, 0.4) is 0 Å². The largest absolute Gasteiger partial charge is 0.390 e. The third kappa shape index (κ3) is 2.70. The molecule has 0 aliphatic rings. The molecule has 0 aliphatic carbocycles. The number of rotatable bonds is 3. The zero-order valence-corrected chi connectivity index (χ0v) is 9.38. The molecular formula is C7H8BrClN2O3. The molecule has 78 valence electrons. The Hall–Kier alpha value is -0.590. The fraction of sp³-hybridized carbons (Fsp3) is 0.429. The van der Waals surface area contributed by atoms with E-state index in [4.69, 9.17) is 11.6 Å². The van der Waals surface area contributed by atoms with Crippen LogP contribution in [-0.2, 0) is 6.54 Å². The van der Waals surface area contributed by atoms with Gasteiger partial charge >= 0.3 is 5.69 Å². The summed E-state index contributed by atoms with van der Waals surface area (Å²) in [6.45, 7) is 0.0533. The van der Waals surface area contributed by atoms with Crippen molar-refractivity contribution in [2.24, 2.45) is 0 Å². The van der Waals surface area contributed by atoms with Crippen LogP contribution in [0.25, 0.3) is 0 Å². The molecule has 0 spiro atoms. The Morgan fingerprint density at radius 2 is 2.29 bits per heavy atom. The smallest absolute Gasteiger partial charge is 0.328 e. The zero-order chi connectivity index (χ0) is 10.7. The fourth-order valence-corrected chi connectivity index (χ4v) is 1.34. The summed E-state index contributed by atoms with van der Waals surface area (Å²) >= 11 is 8.35. The molecule has 1 atom stereocenters. The first-order chi connectivity index (χ1) is 6.54. The second-order valence-corrected chi connectivity index (χ2v) is 3.86. The van der Waals surface area contributed by atoms with Gasteiger partial charge in [0.25, 0.3) is 5.56 Å². The molecule has 1 rings (SSSR count). The Morgan fingerprint density at radius 3 is 2.86 bits per heavy atom. The van der Waals surface area contributed by atoms with Gasteiger partial charge in [0.15, 0.2) is 0 Å². The Kier molecular flexibility index (Phi) is 3.91. The average Bonchev–Trinajstić information content (AvgIpc) is 2.14. The number of halogens is 2. The summed E-state index contributed by atoms with van der Waals surface area (Å²) in [6, 6.07) is 0. The lowest BCUT2D eigenvalue weighted by molar-refractivity contribution is 0.174. The molecule has 5 nitrogen and oxygen atoms in total. The molecule has 1 aromatic heterocycles. The predicted molar refractivity (Wildman–Crippen MR) is 55.7 cm³/mol. The van der Waals surface area contributed by atoms with Crippen LogP contribution in [-0.4, -0.2) is 26.6 Å². The molecule has 0 amide bonds. The number of aliphatic hydroxyl groups excluding tert-OH is 1. The fourth-order valence-electron chi connectivity index (χ4n) is 0.894. The van der Waals surface area contributed by atoms with Gasteiger partial charge in [-0.25, -0.2) is 4.79 Å². The molecule has 7 heteroatoms. The Morgan fingerprint density at radius 1 is 1.64 bits per heavy atom. The number of nitrogens with zero attached hydrogens (tertiary/aromatic N) is 1. The maximum Gasteiger partial charge on any atom is 0.328 e. The van der Waals surface area contributed by atoms with Crippen molar-refractivity contribution in [2.45, 2.75) is 12.6 Å². The van der Waals surface area contributed by atoms with Crippen molar-refractivity contribution in [3.63, 3.8) is 0 Å². The van der Waals surface area contributed by atoms with Crippen LogP contribution >= 0.6 is 27.5 Å². The minimum Gasteiger partial charge on any atom is -0.390 e. The van der Waals surface area contributed by atoms with Gasteiger partial charge in [-0.05, 0) is 15.9 Å². The zero-order valence-electron chi connectivity index (χ0n) is 7.04. The molecule has 14 heavy (non-hydrogen) atoms. The number of H-pyrrole nitrogens is 1. The Balaban J connectivity index is 3.04. The van der Waals surface area contributed by atoms with E-state index in [1.165, 1.54) is 10.8 Å². The van der Waals surface area contributed by atoms with Gasteiger partial charge in [-0.15, -0.1) is 11.6 Å². The lowest BCUT2D eigenvalue weighted by Gasteiger charge is -2.08. The van der Waals surface area contributed by atoms with Gasteiger partial charge in [0.05, 0.1) is 23.0 Å². The molecule has 0 aromatic carbocycles. The van der Waals surface area contributed by atoms with Gasteiger partial charge in [0.1, 0.15) is 0 Å². The predicted octanol–water partition coefficient (Wildman–Crippen LogP) is -0.101. The first-order valence-electron chi connectivity index (χ1n) is 3.78. The SMILES string of the molecule is O=c1[nH]c(=O)n(CC(O)CCl)cc1Br. The van der Waals surface area contributed by atoms with Crippen molar-refractivity contribution < 1.29 is 5.11 Å². The average molecular weight is 284 g/mol. The van der Waals surface area contributed by atoms with E-state index in [9.17, 15) is 14.7 Å². The molecule has 1 aromatic rings. The van der Waals surface area contributed by atoms with Crippen LogP contribution in [0.4, 0.5) is 0 Å². The number of aromatic amines is 1. The number of alkyl halides is 1. The monoisotopic (exact) mass is 282 g/mol. The highest BCUT2D eigenvalue weighted by Gasteiger charge is 2.06. The highest BCUT2D eigenvalue weighted by molar-refractivity contribution is 9.10. The van der Waals surface area contributed by atoms with Crippen LogP contribution in [0.1, 0.15) is 0 Å². The van der Waals surface area contributed by atoms with E-state index in [0.29, 0.717) is 0 Å². The van der Waals surface area contributed by atoms with Crippen molar-refractivity contribution in [3.8, 4) is 0 Å². The normalized spacial score (nSPS) is 12.8. The molecule has 0 aliphatic heterocycles. The molecule has 2 N–H and O–H groups in total. The summed E-state index contributed by atoms with van der Waals surface area (Å²) in [5, 5.41) is 9.20. The van der Waals surface area contributed by atoms with Gasteiger partial charge in [-0.3, -0.25) is 14.3 Å². The summed E-state index contributed by atoms with van der Waals surface area (Å²) in [6.07, 6.45) is 0.504. The molecule has 1 heterocycles. The van der Waals surface area contributed by atoms with Crippen molar-refractivity contribution in [1.29, 1.82) is 0 Å². The summed E-state index contributed by atoms with van der Waals surface area (Å²) in [7, 11) is 0. The van der Waals surface area contributed by atoms with Crippen LogP contribution in [0.15, 0.2) is 20.3 Å². The standard InChI is InChI=1S/C7H8BrClN2O3/c8-5-3-11(2-4(12)1-9)7(14)10-6(5)13/h3-4,12H,1-2H2,(H,10,13,14). The second kappa shape index (κ2) is 4.77. The van der Waals surface area contributed by atoms with Crippen LogP contribution in [0, 0.1) is 0 Å². The molecule has 0 saturated carbocycles. The topological polar surface area (TPSA) is 75.1 Å². The third-order valence-corrected chi connectivity index (χ3v) is 2.47. The number of hydrogen-bond acceptors (Lipinski definition) is 3. The Labute approximate surface area is 92.5 Å². The first kappa shape index (κ1) is 11.5. The molecule has 1 unspecified atom stereocenters. The number of aromatic nitrogens is 2. The van der Waals surface area contributed by atoms with E-state index in [1.54, 1.807) is 0 Å². The summed E-state index contributed by atoms with van der Waals surface area (Å²) in [5.41, 5.74) is -1.06. The lowest BCUT2D eigenvalue weighted by Crippen LogP contribution is -2.33. The quantitative estimate of drug-likeness (QED) is 0.761. The van der Waals surface area contributed by atoms with Crippen LogP contribution in [0.2, 0.25) is 0 Å². The van der Waals surface area contributed by atoms with Crippen molar-refractivity contribution in [2.75, 3.05) is 5.88 Å². The van der Waals surface area contributed by atoms with Gasteiger partial charge in [-0.2, -0.15) is 0 Å². The summed E-state index contributed by atoms with van der Waals surface area (Å²) in [4.78, 5) is 24.2. The van der Waals surface area contributed by atoms with E-state index in [1.807, 2.05) is 0 Å². The maximum atomic E-state index is 11.2. The highest BCUT2D eigenvalue weighted by Crippen LogP contribution is 1.99. The van der Waals surface area contributed by atoms with Gasteiger partial charge in [0.2, 0.25) is 0 Å². The maximum absolute atomic E-state index is 11.2. The number of aliphatic hydroxyl groups is 1. The minimum absolute atomic E-state index is 0.0309. The van der Waals surface area contributed by atoms with Gasteiger partial charge < -0.3 is 5.11 Å². The molecule has 0 saturated heterocycles. The van der Waals surface area contributed by atoms with E-state index >= 15 is 0 Å². The lowest BCUT2D eigenvalue weighted by atomic mass is 10.4. The van der Waals surface area contributed by atoms with Crippen LogP contribution < -0.4 is 11.2 Å². The van der Waals surface area contributed by atoms with Crippen molar-refractivity contribution >= 4 is 27.5 Å². The van der Waals surface area contributed by atoms with Crippen molar-refractivity contribution in [3.05, 3.63) is 31.5 Å². The van der Waals surface area contributed by atoms with Crippen LogP contribution in [0.5, 0.6) is 0 Å².